The zero-order valence-corrected chi connectivity index (χ0v) is 18.2. The number of carbonyl (C=O) groups excluding carboxylic acids is 1. The maximum Gasteiger partial charge on any atom is 0.274 e. The summed E-state index contributed by atoms with van der Waals surface area (Å²) in [5.41, 5.74) is 1.22. The third kappa shape index (κ3) is 4.53. The molecule has 0 N–H and O–H groups in total. The van der Waals surface area contributed by atoms with Gasteiger partial charge in [-0.2, -0.15) is 10.2 Å². The molecule has 9 nitrogen and oxygen atoms in total. The van der Waals surface area contributed by atoms with Gasteiger partial charge in [0.1, 0.15) is 0 Å². The molecule has 0 aliphatic heterocycles. The first kappa shape index (κ1) is 20.7. The molecule has 1 aromatic carbocycles. The quantitative estimate of drug-likeness (QED) is 0.510. The molecule has 3 aromatic rings. The van der Waals surface area contributed by atoms with Crippen molar-refractivity contribution in [1.29, 1.82) is 0 Å². The van der Waals surface area contributed by atoms with Crippen molar-refractivity contribution >= 4 is 21.8 Å². The molecule has 10 heteroatoms. The summed E-state index contributed by atoms with van der Waals surface area (Å²) in [5, 5.41) is 8.48. The van der Waals surface area contributed by atoms with Crippen LogP contribution in [0, 0.1) is 0 Å². The summed E-state index contributed by atoms with van der Waals surface area (Å²) in [6, 6.07) is 7.02. The predicted molar refractivity (Wildman–Crippen MR) is 109 cm³/mol. The Balaban J connectivity index is 1.67. The Bertz CT molecular complexity index is 959. The minimum atomic E-state index is -0.202. The average molecular weight is 464 g/mol. The normalized spacial score (nSPS) is 10.7. The number of aryl methyl sites for hydroxylation is 1. The lowest BCUT2D eigenvalue weighted by molar-refractivity contribution is 0.0773. The summed E-state index contributed by atoms with van der Waals surface area (Å²) in [5.74, 6) is 1.37. The lowest BCUT2D eigenvalue weighted by Crippen LogP contribution is -2.28. The van der Waals surface area contributed by atoms with Crippen molar-refractivity contribution in [3.05, 3.63) is 52.5 Å². The molecule has 0 aliphatic carbocycles. The van der Waals surface area contributed by atoms with Crippen molar-refractivity contribution in [2.45, 2.75) is 13.3 Å². The zero-order valence-electron chi connectivity index (χ0n) is 16.6. The number of hydrogen-bond donors (Lipinski definition) is 0. The molecule has 154 valence electrons. The number of halogens is 1. The van der Waals surface area contributed by atoms with E-state index < -0.39 is 0 Å². The summed E-state index contributed by atoms with van der Waals surface area (Å²) in [6.45, 7) is 0.499. The Hall–Kier alpha value is -3.01. The van der Waals surface area contributed by atoms with E-state index in [0.29, 0.717) is 29.5 Å². The number of aromatic nitrogens is 4. The smallest absolute Gasteiger partial charge is 0.274 e. The topological polar surface area (TPSA) is 83.6 Å². The number of methoxy groups -OCH3 is 2. The number of amides is 1. The van der Waals surface area contributed by atoms with E-state index in [4.69, 9.17) is 14.2 Å². The predicted octanol–water partition coefficient (Wildman–Crippen LogP) is 2.71. The van der Waals surface area contributed by atoms with Crippen LogP contribution in [-0.2, 0) is 20.3 Å². The first-order valence-electron chi connectivity index (χ1n) is 8.73. The summed E-state index contributed by atoms with van der Waals surface area (Å²) in [7, 11) is 6.67. The zero-order chi connectivity index (χ0) is 21.0. The molecule has 0 bridgehead atoms. The van der Waals surface area contributed by atoms with Gasteiger partial charge in [0.05, 0.1) is 37.1 Å². The minimum Gasteiger partial charge on any atom is -0.493 e. The van der Waals surface area contributed by atoms with E-state index in [1.165, 1.54) is 4.68 Å². The van der Waals surface area contributed by atoms with Crippen molar-refractivity contribution in [1.82, 2.24) is 24.5 Å². The van der Waals surface area contributed by atoms with Gasteiger partial charge in [0.25, 0.3) is 5.91 Å². The maximum atomic E-state index is 12.7. The van der Waals surface area contributed by atoms with E-state index >= 15 is 0 Å². The van der Waals surface area contributed by atoms with Crippen molar-refractivity contribution in [2.75, 3.05) is 21.3 Å². The van der Waals surface area contributed by atoms with E-state index in [2.05, 4.69) is 26.1 Å². The highest BCUT2D eigenvalue weighted by Gasteiger charge is 2.18. The van der Waals surface area contributed by atoms with Gasteiger partial charge < -0.3 is 19.1 Å². The van der Waals surface area contributed by atoms with Gasteiger partial charge in [-0.1, -0.05) is 6.07 Å². The molecule has 0 saturated carbocycles. The highest BCUT2D eigenvalue weighted by atomic mass is 79.9. The Morgan fingerprint density at radius 2 is 1.90 bits per heavy atom. The molecule has 0 unspecified atom stereocenters. The van der Waals surface area contributed by atoms with E-state index in [0.717, 1.165) is 10.2 Å². The second-order valence-corrected chi connectivity index (χ2v) is 7.08. The van der Waals surface area contributed by atoms with Gasteiger partial charge in [0.15, 0.2) is 23.9 Å². The first-order valence-corrected chi connectivity index (χ1v) is 9.53. The lowest BCUT2D eigenvalue weighted by atomic mass is 10.3. The van der Waals surface area contributed by atoms with E-state index in [1.807, 2.05) is 13.1 Å². The van der Waals surface area contributed by atoms with Gasteiger partial charge in [-0.3, -0.25) is 9.48 Å². The van der Waals surface area contributed by atoms with Crippen LogP contribution in [0.15, 0.2) is 41.1 Å². The summed E-state index contributed by atoms with van der Waals surface area (Å²) >= 11 is 3.44. The fraction of sp³-hybridized carbons (Fsp3) is 0.316. The molecule has 0 fully saturated rings. The van der Waals surface area contributed by atoms with Gasteiger partial charge in [0, 0.05) is 20.3 Å². The van der Waals surface area contributed by atoms with Gasteiger partial charge in [0.2, 0.25) is 5.75 Å². The largest absolute Gasteiger partial charge is 0.493 e. The van der Waals surface area contributed by atoms with Crippen LogP contribution in [0.3, 0.4) is 0 Å². The number of ether oxygens (including phenoxy) is 3. The second kappa shape index (κ2) is 8.99. The number of nitrogens with zero attached hydrogens (tertiary/aromatic N) is 5. The standard InChI is InChI=1S/C19H22BrN5O4/c1-23(11-15-13(20)10-21-24(15)2)19(26)14-8-9-25(22-14)12-29-18-16(27-3)6-5-7-17(18)28-4/h5-10H,11-12H2,1-4H3. The molecule has 0 atom stereocenters. The van der Waals surface area contributed by atoms with Crippen LogP contribution in [-0.4, -0.2) is 51.6 Å². The second-order valence-electron chi connectivity index (χ2n) is 6.23. The molecular formula is C19H22BrN5O4. The van der Waals surface area contributed by atoms with Crippen molar-refractivity contribution < 1.29 is 19.0 Å². The Kier molecular flexibility index (Phi) is 6.42. The van der Waals surface area contributed by atoms with Crippen LogP contribution >= 0.6 is 15.9 Å². The number of hydrogen-bond acceptors (Lipinski definition) is 6. The summed E-state index contributed by atoms with van der Waals surface area (Å²) < 4.78 is 20.6. The number of benzene rings is 1. The summed E-state index contributed by atoms with van der Waals surface area (Å²) in [6.07, 6.45) is 3.38. The summed E-state index contributed by atoms with van der Waals surface area (Å²) in [4.78, 5) is 14.3. The fourth-order valence-electron chi connectivity index (χ4n) is 2.74. The fourth-order valence-corrected chi connectivity index (χ4v) is 3.22. The van der Waals surface area contributed by atoms with Crippen LogP contribution in [0.4, 0.5) is 0 Å². The Morgan fingerprint density at radius 3 is 2.48 bits per heavy atom. The van der Waals surface area contributed by atoms with Gasteiger partial charge >= 0.3 is 0 Å². The SMILES string of the molecule is COc1cccc(OC)c1OCn1ccc(C(=O)N(C)Cc2c(Br)cnn2C)n1. The molecule has 2 heterocycles. The number of carbonyl (C=O) groups is 1. The minimum absolute atomic E-state index is 0.0982. The van der Waals surface area contributed by atoms with E-state index in [1.54, 1.807) is 61.4 Å². The Morgan fingerprint density at radius 1 is 1.21 bits per heavy atom. The van der Waals surface area contributed by atoms with Gasteiger partial charge in [-0.25, -0.2) is 4.68 Å². The molecule has 2 aromatic heterocycles. The molecule has 3 rings (SSSR count). The van der Waals surface area contributed by atoms with Gasteiger partial charge in [-0.05, 0) is 34.1 Å². The van der Waals surface area contributed by atoms with Crippen LogP contribution < -0.4 is 14.2 Å². The third-order valence-corrected chi connectivity index (χ3v) is 4.99. The molecule has 0 aliphatic rings. The molecule has 1 amide bonds. The van der Waals surface area contributed by atoms with Gasteiger partial charge in [-0.15, -0.1) is 0 Å². The molecule has 0 spiro atoms. The monoisotopic (exact) mass is 463 g/mol. The lowest BCUT2D eigenvalue weighted by Gasteiger charge is -2.16. The number of para-hydroxylation sites is 1. The Labute approximate surface area is 176 Å². The average Bonchev–Trinajstić information content (AvgIpc) is 3.33. The van der Waals surface area contributed by atoms with E-state index in [-0.39, 0.29) is 12.6 Å². The highest BCUT2D eigenvalue weighted by molar-refractivity contribution is 9.10. The van der Waals surface area contributed by atoms with Crippen LogP contribution in [0.2, 0.25) is 0 Å². The third-order valence-electron chi connectivity index (χ3n) is 4.33. The van der Waals surface area contributed by atoms with Crippen LogP contribution in [0.5, 0.6) is 17.2 Å². The van der Waals surface area contributed by atoms with Crippen molar-refractivity contribution in [3.63, 3.8) is 0 Å². The molecular weight excluding hydrogens is 442 g/mol. The van der Waals surface area contributed by atoms with Crippen molar-refractivity contribution in [2.24, 2.45) is 7.05 Å². The number of rotatable bonds is 8. The van der Waals surface area contributed by atoms with Crippen LogP contribution in [0.25, 0.3) is 0 Å². The highest BCUT2D eigenvalue weighted by Crippen LogP contribution is 2.36. The molecule has 29 heavy (non-hydrogen) atoms. The van der Waals surface area contributed by atoms with E-state index in [9.17, 15) is 4.79 Å². The maximum absolute atomic E-state index is 12.7. The van der Waals surface area contributed by atoms with Crippen LogP contribution in [0.1, 0.15) is 16.2 Å². The first-order chi connectivity index (χ1) is 13.9. The van der Waals surface area contributed by atoms with Crippen molar-refractivity contribution in [3.8, 4) is 17.2 Å². The molecule has 0 radical (unpaired) electrons. The molecule has 0 saturated heterocycles.